The molecule has 6 nitrogen and oxygen atoms in total. The van der Waals surface area contributed by atoms with Crippen LogP contribution in [0.1, 0.15) is 12.8 Å². The fourth-order valence-corrected chi connectivity index (χ4v) is 3.05. The molecule has 7 heteroatoms. The lowest BCUT2D eigenvalue weighted by Crippen LogP contribution is -2.19. The van der Waals surface area contributed by atoms with E-state index in [1.54, 1.807) is 10.6 Å². The van der Waals surface area contributed by atoms with Gasteiger partial charge in [0.2, 0.25) is 0 Å². The van der Waals surface area contributed by atoms with Crippen LogP contribution in [0.4, 0.5) is 10.7 Å². The summed E-state index contributed by atoms with van der Waals surface area (Å²) in [7, 11) is 0. The maximum Gasteiger partial charge on any atom is 0.349 e. The molecule has 0 amide bonds. The molecule has 0 atom stereocenters. The lowest BCUT2D eigenvalue weighted by atomic mass is 10.3. The zero-order valence-corrected chi connectivity index (χ0v) is 10.3. The van der Waals surface area contributed by atoms with Crippen molar-refractivity contribution in [2.45, 2.75) is 19.4 Å². The number of fused-ring (bicyclic) bond motifs is 1. The van der Waals surface area contributed by atoms with Crippen LogP contribution in [0.2, 0.25) is 0 Å². The maximum atomic E-state index is 11.8. The van der Waals surface area contributed by atoms with Gasteiger partial charge in [0, 0.05) is 18.0 Å². The summed E-state index contributed by atoms with van der Waals surface area (Å²) in [5.74, 6) is 0.524. The Morgan fingerprint density at radius 1 is 1.50 bits per heavy atom. The number of nitrogen functional groups attached to an aromatic ring is 1. The smallest absolute Gasteiger partial charge is 0.349 e. The summed E-state index contributed by atoms with van der Waals surface area (Å²) in [5.41, 5.74) is 5.80. The third-order valence-electron chi connectivity index (χ3n) is 3.15. The van der Waals surface area contributed by atoms with Gasteiger partial charge < -0.3 is 5.73 Å². The van der Waals surface area contributed by atoms with Crippen LogP contribution in [-0.4, -0.2) is 9.49 Å². The molecule has 1 saturated carbocycles. The van der Waals surface area contributed by atoms with E-state index in [1.807, 2.05) is 0 Å². The molecule has 0 aliphatic heterocycles. The van der Waals surface area contributed by atoms with Crippen LogP contribution < -0.4 is 11.3 Å². The molecule has 1 aliphatic carbocycles. The van der Waals surface area contributed by atoms with Crippen LogP contribution in [0.25, 0.3) is 10.2 Å². The third-order valence-corrected chi connectivity index (χ3v) is 4.35. The highest BCUT2D eigenvalue weighted by molar-refractivity contribution is 7.22. The number of nitrogens with zero attached hydrogens (tertiary/aromatic N) is 2. The molecule has 2 aromatic rings. The third kappa shape index (κ3) is 1.67. The van der Waals surface area contributed by atoms with E-state index in [9.17, 15) is 14.9 Å². The minimum atomic E-state index is -0.494. The number of hydrogen-bond donors (Lipinski definition) is 1. The standard InChI is InChI=1S/C11H11N3O3S/c12-9-7-3-4-8(15)13(5-6-1-2-6)10(7)18-11(9)14(16)17/h3-4,6H,1-2,5,12H2. The summed E-state index contributed by atoms with van der Waals surface area (Å²) in [6.45, 7) is 0.632. The maximum absolute atomic E-state index is 11.8. The van der Waals surface area contributed by atoms with Crippen molar-refractivity contribution in [1.29, 1.82) is 0 Å². The number of pyridine rings is 1. The SMILES string of the molecule is Nc1c([N+](=O)[O-])sc2c1ccc(=O)n2CC1CC1. The number of anilines is 1. The van der Waals surface area contributed by atoms with E-state index in [4.69, 9.17) is 5.73 Å². The van der Waals surface area contributed by atoms with Crippen molar-refractivity contribution in [2.75, 3.05) is 5.73 Å². The van der Waals surface area contributed by atoms with E-state index in [0.717, 1.165) is 24.2 Å². The summed E-state index contributed by atoms with van der Waals surface area (Å²) in [5, 5.41) is 11.4. The Labute approximate surface area is 106 Å². The van der Waals surface area contributed by atoms with Gasteiger partial charge in [-0.15, -0.1) is 0 Å². The van der Waals surface area contributed by atoms with E-state index in [-0.39, 0.29) is 16.2 Å². The minimum absolute atomic E-state index is 0.0832. The highest BCUT2D eigenvalue weighted by atomic mass is 32.1. The predicted molar refractivity (Wildman–Crippen MR) is 69.9 cm³/mol. The van der Waals surface area contributed by atoms with Crippen LogP contribution in [0.5, 0.6) is 0 Å². The van der Waals surface area contributed by atoms with E-state index in [0.29, 0.717) is 22.7 Å². The highest BCUT2D eigenvalue weighted by Gasteiger charge is 2.26. The molecular weight excluding hydrogens is 254 g/mol. The average Bonchev–Trinajstić information content (AvgIpc) is 3.06. The molecule has 0 unspecified atom stereocenters. The van der Waals surface area contributed by atoms with E-state index in [1.165, 1.54) is 6.07 Å². The summed E-state index contributed by atoms with van der Waals surface area (Å²) in [6, 6.07) is 3.00. The first-order valence-corrected chi connectivity index (χ1v) is 6.46. The molecule has 0 aromatic carbocycles. The van der Waals surface area contributed by atoms with Crippen molar-refractivity contribution in [3.63, 3.8) is 0 Å². The predicted octanol–water partition coefficient (Wildman–Crippen LogP) is 1.96. The molecule has 2 N–H and O–H groups in total. The van der Waals surface area contributed by atoms with Gasteiger partial charge in [-0.2, -0.15) is 0 Å². The minimum Gasteiger partial charge on any atom is -0.392 e. The van der Waals surface area contributed by atoms with Crippen molar-refractivity contribution in [1.82, 2.24) is 4.57 Å². The van der Waals surface area contributed by atoms with E-state index in [2.05, 4.69) is 0 Å². The molecule has 94 valence electrons. The second kappa shape index (κ2) is 3.81. The number of nitro groups is 1. The lowest BCUT2D eigenvalue weighted by Gasteiger charge is -2.04. The Morgan fingerprint density at radius 3 is 2.83 bits per heavy atom. The molecule has 0 radical (unpaired) electrons. The van der Waals surface area contributed by atoms with Crippen molar-refractivity contribution in [2.24, 2.45) is 5.92 Å². The number of nitrogens with two attached hydrogens (primary N) is 1. The van der Waals surface area contributed by atoms with Crippen LogP contribution in [-0.2, 0) is 6.54 Å². The number of hydrogen-bond acceptors (Lipinski definition) is 5. The topological polar surface area (TPSA) is 91.2 Å². The Bertz CT molecular complexity index is 699. The van der Waals surface area contributed by atoms with Gasteiger partial charge in [0.15, 0.2) is 0 Å². The summed E-state index contributed by atoms with van der Waals surface area (Å²) in [4.78, 5) is 22.8. The monoisotopic (exact) mass is 265 g/mol. The van der Waals surface area contributed by atoms with Crippen LogP contribution in [0.3, 0.4) is 0 Å². The first-order chi connectivity index (χ1) is 8.58. The number of aromatic nitrogens is 1. The Hall–Kier alpha value is -1.89. The Kier molecular flexibility index (Phi) is 2.37. The first kappa shape index (κ1) is 11.2. The summed E-state index contributed by atoms with van der Waals surface area (Å²) < 4.78 is 1.61. The number of thiophene rings is 1. The second-order valence-electron chi connectivity index (χ2n) is 4.52. The molecule has 0 spiro atoms. The zero-order chi connectivity index (χ0) is 12.9. The fourth-order valence-electron chi connectivity index (χ4n) is 2.01. The average molecular weight is 265 g/mol. The normalized spacial score (nSPS) is 15.1. The second-order valence-corrected chi connectivity index (χ2v) is 5.50. The van der Waals surface area contributed by atoms with Gasteiger partial charge in [0.25, 0.3) is 5.56 Å². The molecule has 2 heterocycles. The molecule has 0 bridgehead atoms. The molecule has 0 saturated heterocycles. The van der Waals surface area contributed by atoms with Crippen LogP contribution in [0.15, 0.2) is 16.9 Å². The van der Waals surface area contributed by atoms with Gasteiger partial charge in [-0.3, -0.25) is 19.5 Å². The van der Waals surface area contributed by atoms with Crippen molar-refractivity contribution in [3.05, 3.63) is 32.6 Å². The zero-order valence-electron chi connectivity index (χ0n) is 9.46. The van der Waals surface area contributed by atoms with Gasteiger partial charge in [0.1, 0.15) is 10.5 Å². The largest absolute Gasteiger partial charge is 0.392 e. The quantitative estimate of drug-likeness (QED) is 0.678. The van der Waals surface area contributed by atoms with E-state index < -0.39 is 4.92 Å². The van der Waals surface area contributed by atoms with E-state index >= 15 is 0 Å². The van der Waals surface area contributed by atoms with Crippen LogP contribution >= 0.6 is 11.3 Å². The molecule has 1 aliphatic rings. The Balaban J connectivity index is 2.26. The summed E-state index contributed by atoms with van der Waals surface area (Å²) in [6.07, 6.45) is 2.23. The van der Waals surface area contributed by atoms with Gasteiger partial charge in [-0.05, 0) is 36.2 Å². The molecular formula is C11H11N3O3S. The van der Waals surface area contributed by atoms with Crippen molar-refractivity contribution in [3.8, 4) is 0 Å². The molecule has 18 heavy (non-hydrogen) atoms. The first-order valence-electron chi connectivity index (χ1n) is 5.64. The van der Waals surface area contributed by atoms with Gasteiger partial charge in [0.05, 0.1) is 4.92 Å². The van der Waals surface area contributed by atoms with Crippen molar-refractivity contribution >= 4 is 32.2 Å². The van der Waals surface area contributed by atoms with Gasteiger partial charge in [-0.25, -0.2) is 0 Å². The highest BCUT2D eigenvalue weighted by Crippen LogP contribution is 2.40. The lowest BCUT2D eigenvalue weighted by molar-refractivity contribution is -0.379. The Morgan fingerprint density at radius 2 is 2.22 bits per heavy atom. The molecule has 3 rings (SSSR count). The number of rotatable bonds is 3. The fraction of sp³-hybridized carbons (Fsp3) is 0.364. The van der Waals surface area contributed by atoms with Crippen molar-refractivity contribution < 1.29 is 4.92 Å². The molecule has 2 aromatic heterocycles. The summed E-state index contributed by atoms with van der Waals surface area (Å²) >= 11 is 0.981. The van der Waals surface area contributed by atoms with Gasteiger partial charge in [-0.1, -0.05) is 0 Å². The molecule has 1 fully saturated rings. The van der Waals surface area contributed by atoms with Gasteiger partial charge >= 0.3 is 5.00 Å². The van der Waals surface area contributed by atoms with Crippen LogP contribution in [0, 0.1) is 16.0 Å².